The molecule has 0 bridgehead atoms. The Hall–Kier alpha value is -0.870. The van der Waals surface area contributed by atoms with E-state index in [0.29, 0.717) is 5.82 Å². The van der Waals surface area contributed by atoms with Crippen LogP contribution in [0.3, 0.4) is 0 Å². The van der Waals surface area contributed by atoms with Crippen LogP contribution >= 0.6 is 27.3 Å². The molecule has 4 heteroatoms. The maximum absolute atomic E-state index is 5.78. The molecule has 0 radical (unpaired) electrons. The summed E-state index contributed by atoms with van der Waals surface area (Å²) >= 11 is 5.10. The third-order valence-electron chi connectivity index (χ3n) is 1.74. The van der Waals surface area contributed by atoms with Gasteiger partial charge in [-0.2, -0.15) is 11.3 Å². The van der Waals surface area contributed by atoms with Gasteiger partial charge in [-0.05, 0) is 44.4 Å². The van der Waals surface area contributed by atoms with E-state index < -0.39 is 0 Å². The molecule has 2 aromatic rings. The zero-order valence-corrected chi connectivity index (χ0v) is 9.10. The minimum atomic E-state index is 0.563. The Balaban J connectivity index is 2.64. The van der Waals surface area contributed by atoms with Crippen molar-refractivity contribution < 1.29 is 0 Å². The van der Waals surface area contributed by atoms with Crippen LogP contribution in [0.5, 0.6) is 0 Å². The van der Waals surface area contributed by atoms with Gasteiger partial charge in [-0.25, -0.2) is 4.98 Å². The predicted octanol–water partition coefficient (Wildman–Crippen LogP) is 3.15. The van der Waals surface area contributed by atoms with Gasteiger partial charge in [0.15, 0.2) is 0 Å². The van der Waals surface area contributed by atoms with Crippen molar-refractivity contribution >= 4 is 33.1 Å². The maximum atomic E-state index is 5.78. The number of aromatic nitrogens is 1. The normalized spacial score (nSPS) is 10.2. The Labute approximate surface area is 88.6 Å². The molecule has 2 heterocycles. The van der Waals surface area contributed by atoms with Crippen LogP contribution in [0.4, 0.5) is 5.82 Å². The Morgan fingerprint density at radius 2 is 2.23 bits per heavy atom. The number of rotatable bonds is 1. The summed E-state index contributed by atoms with van der Waals surface area (Å²) in [6, 6.07) is 3.92. The number of anilines is 1. The molecule has 0 spiro atoms. The van der Waals surface area contributed by atoms with Crippen molar-refractivity contribution in [2.45, 2.75) is 0 Å². The monoisotopic (exact) mass is 254 g/mol. The Bertz CT molecular complexity index is 391. The largest absolute Gasteiger partial charge is 0.383 e. The third kappa shape index (κ3) is 1.59. The molecule has 0 aromatic carbocycles. The molecule has 66 valence electrons. The molecule has 0 aliphatic heterocycles. The second-order valence-corrected chi connectivity index (χ2v) is 4.20. The quantitative estimate of drug-likeness (QED) is 0.850. The van der Waals surface area contributed by atoms with E-state index in [0.717, 1.165) is 15.6 Å². The lowest BCUT2D eigenvalue weighted by Crippen LogP contribution is -1.93. The van der Waals surface area contributed by atoms with Gasteiger partial charge in [0.1, 0.15) is 5.82 Å². The first-order valence-electron chi connectivity index (χ1n) is 3.71. The minimum absolute atomic E-state index is 0.563. The summed E-state index contributed by atoms with van der Waals surface area (Å²) in [7, 11) is 0. The lowest BCUT2D eigenvalue weighted by Gasteiger charge is -2.03. The van der Waals surface area contributed by atoms with Crippen molar-refractivity contribution in [3.8, 4) is 11.1 Å². The molecule has 0 aliphatic rings. The Kier molecular flexibility index (Phi) is 2.33. The van der Waals surface area contributed by atoms with E-state index in [1.807, 2.05) is 17.5 Å². The molecule has 0 fully saturated rings. The number of halogens is 1. The first kappa shape index (κ1) is 8.72. The van der Waals surface area contributed by atoms with Crippen LogP contribution < -0.4 is 5.73 Å². The van der Waals surface area contributed by atoms with Gasteiger partial charge >= 0.3 is 0 Å². The summed E-state index contributed by atoms with van der Waals surface area (Å²) in [6.45, 7) is 0. The van der Waals surface area contributed by atoms with Crippen LogP contribution in [0.1, 0.15) is 0 Å². The smallest absolute Gasteiger partial charge is 0.132 e. The number of hydrogen-bond acceptors (Lipinski definition) is 3. The van der Waals surface area contributed by atoms with Crippen molar-refractivity contribution in [2.24, 2.45) is 0 Å². The first-order valence-corrected chi connectivity index (χ1v) is 5.45. The molecule has 2 aromatic heterocycles. The van der Waals surface area contributed by atoms with E-state index in [1.54, 1.807) is 17.5 Å². The minimum Gasteiger partial charge on any atom is -0.383 e. The van der Waals surface area contributed by atoms with Crippen LogP contribution in [-0.4, -0.2) is 4.98 Å². The average molecular weight is 255 g/mol. The van der Waals surface area contributed by atoms with E-state index >= 15 is 0 Å². The fraction of sp³-hybridized carbons (Fsp3) is 0. The zero-order valence-electron chi connectivity index (χ0n) is 6.70. The van der Waals surface area contributed by atoms with Gasteiger partial charge in [-0.15, -0.1) is 0 Å². The molecule has 0 aliphatic carbocycles. The molecule has 0 saturated heterocycles. The molecule has 0 amide bonds. The highest BCUT2D eigenvalue weighted by Crippen LogP contribution is 2.32. The van der Waals surface area contributed by atoms with E-state index in [4.69, 9.17) is 5.73 Å². The highest BCUT2D eigenvalue weighted by Gasteiger charge is 2.07. The van der Waals surface area contributed by atoms with Gasteiger partial charge in [0.05, 0.1) is 0 Å². The lowest BCUT2D eigenvalue weighted by atomic mass is 10.1. The highest BCUT2D eigenvalue weighted by molar-refractivity contribution is 9.10. The van der Waals surface area contributed by atoms with Gasteiger partial charge in [-0.1, -0.05) is 0 Å². The molecular formula is C9H7BrN2S. The van der Waals surface area contributed by atoms with Crippen LogP contribution in [-0.2, 0) is 0 Å². The zero-order chi connectivity index (χ0) is 9.26. The molecule has 0 unspecified atom stereocenters. The Morgan fingerprint density at radius 3 is 2.85 bits per heavy atom. The summed E-state index contributed by atoms with van der Waals surface area (Å²) in [5.41, 5.74) is 7.87. The molecule has 2 N–H and O–H groups in total. The number of nitrogens with zero attached hydrogens (tertiary/aromatic N) is 1. The van der Waals surface area contributed by atoms with Crippen LogP contribution in [0.2, 0.25) is 0 Å². The maximum Gasteiger partial charge on any atom is 0.132 e. The van der Waals surface area contributed by atoms with Gasteiger partial charge < -0.3 is 5.73 Å². The van der Waals surface area contributed by atoms with Crippen LogP contribution in [0, 0.1) is 0 Å². The van der Waals surface area contributed by atoms with E-state index in [-0.39, 0.29) is 0 Å². The number of nitrogen functional groups attached to an aromatic ring is 1. The summed E-state index contributed by atoms with van der Waals surface area (Å²) in [6.07, 6.45) is 1.69. The number of pyridine rings is 1. The van der Waals surface area contributed by atoms with Gasteiger partial charge in [0.2, 0.25) is 0 Å². The fourth-order valence-corrected chi connectivity index (χ4v) is 2.34. The molecule has 0 saturated carbocycles. The van der Waals surface area contributed by atoms with Crippen molar-refractivity contribution in [1.29, 1.82) is 0 Å². The third-order valence-corrected chi connectivity index (χ3v) is 3.08. The Morgan fingerprint density at radius 1 is 1.38 bits per heavy atom. The van der Waals surface area contributed by atoms with Gasteiger partial charge in [-0.3, -0.25) is 0 Å². The van der Waals surface area contributed by atoms with Crippen molar-refractivity contribution in [3.05, 3.63) is 33.6 Å². The van der Waals surface area contributed by atoms with Crippen molar-refractivity contribution in [1.82, 2.24) is 4.98 Å². The lowest BCUT2D eigenvalue weighted by molar-refractivity contribution is 1.33. The molecule has 2 nitrogen and oxygen atoms in total. The summed E-state index contributed by atoms with van der Waals surface area (Å²) in [4.78, 5) is 4.05. The second-order valence-electron chi connectivity index (χ2n) is 2.57. The molecule has 2 rings (SSSR count). The average Bonchev–Trinajstić information content (AvgIpc) is 2.57. The van der Waals surface area contributed by atoms with Crippen molar-refractivity contribution in [2.75, 3.05) is 5.73 Å². The second kappa shape index (κ2) is 3.47. The summed E-state index contributed by atoms with van der Waals surface area (Å²) in [5, 5.41) is 4.08. The topological polar surface area (TPSA) is 38.9 Å². The van der Waals surface area contributed by atoms with Gasteiger partial charge in [0.25, 0.3) is 0 Å². The van der Waals surface area contributed by atoms with Crippen molar-refractivity contribution in [3.63, 3.8) is 0 Å². The molecule has 0 atom stereocenters. The van der Waals surface area contributed by atoms with Gasteiger partial charge in [0, 0.05) is 16.2 Å². The van der Waals surface area contributed by atoms with Crippen LogP contribution in [0.15, 0.2) is 33.6 Å². The molecule has 13 heavy (non-hydrogen) atoms. The highest BCUT2D eigenvalue weighted by atomic mass is 79.9. The predicted molar refractivity (Wildman–Crippen MR) is 59.7 cm³/mol. The van der Waals surface area contributed by atoms with E-state index in [9.17, 15) is 0 Å². The van der Waals surface area contributed by atoms with E-state index in [2.05, 4.69) is 26.3 Å². The fourth-order valence-electron chi connectivity index (χ4n) is 1.15. The van der Waals surface area contributed by atoms with E-state index in [1.165, 1.54) is 0 Å². The summed E-state index contributed by atoms with van der Waals surface area (Å²) in [5.74, 6) is 0.563. The SMILES string of the molecule is Nc1nccc(Br)c1-c1ccsc1. The standard InChI is InChI=1S/C9H7BrN2S/c10-7-1-3-12-9(11)8(7)6-2-4-13-5-6/h1-5H,(H2,11,12). The number of thiophene rings is 1. The first-order chi connectivity index (χ1) is 6.29. The molecular weight excluding hydrogens is 248 g/mol. The van der Waals surface area contributed by atoms with Crippen LogP contribution in [0.25, 0.3) is 11.1 Å². The number of nitrogens with two attached hydrogens (primary N) is 1. The number of hydrogen-bond donors (Lipinski definition) is 1. The summed E-state index contributed by atoms with van der Waals surface area (Å²) < 4.78 is 0.985.